The van der Waals surface area contributed by atoms with Crippen molar-refractivity contribution in [3.63, 3.8) is 0 Å². The SMILES string of the molecule is Cc1cc(NC(=O)CN2CC(=O)Oc3ccc(Cl)cc32)no1. The molecule has 1 aromatic heterocycles. The van der Waals surface area contributed by atoms with Crippen LogP contribution < -0.4 is 15.0 Å². The topological polar surface area (TPSA) is 84.7 Å². The number of rotatable bonds is 3. The van der Waals surface area contributed by atoms with Crippen LogP contribution in [0.1, 0.15) is 5.76 Å². The lowest BCUT2D eigenvalue weighted by molar-refractivity contribution is -0.133. The Morgan fingerprint density at radius 3 is 3.00 bits per heavy atom. The molecule has 2 aromatic rings. The number of benzene rings is 1. The molecule has 2 heterocycles. The highest BCUT2D eigenvalue weighted by Crippen LogP contribution is 2.34. The molecule has 0 radical (unpaired) electrons. The van der Waals surface area contributed by atoms with Gasteiger partial charge < -0.3 is 19.5 Å². The van der Waals surface area contributed by atoms with E-state index in [9.17, 15) is 9.59 Å². The third-order valence-electron chi connectivity index (χ3n) is 3.04. The van der Waals surface area contributed by atoms with Gasteiger partial charge in [-0.15, -0.1) is 0 Å². The number of aryl methyl sites for hydroxylation is 1. The summed E-state index contributed by atoms with van der Waals surface area (Å²) in [6, 6.07) is 6.47. The summed E-state index contributed by atoms with van der Waals surface area (Å²) >= 11 is 5.96. The van der Waals surface area contributed by atoms with Gasteiger partial charge in [0, 0.05) is 11.1 Å². The van der Waals surface area contributed by atoms with Crippen molar-refractivity contribution < 1.29 is 18.8 Å². The van der Waals surface area contributed by atoms with Gasteiger partial charge in [-0.05, 0) is 25.1 Å². The van der Waals surface area contributed by atoms with E-state index in [0.717, 1.165) is 0 Å². The molecule has 3 rings (SSSR count). The molecule has 22 heavy (non-hydrogen) atoms. The first-order valence-corrected chi connectivity index (χ1v) is 6.87. The van der Waals surface area contributed by atoms with Crippen LogP contribution in [0.3, 0.4) is 0 Å². The lowest BCUT2D eigenvalue weighted by Crippen LogP contribution is -2.41. The van der Waals surface area contributed by atoms with E-state index in [1.165, 1.54) is 0 Å². The van der Waals surface area contributed by atoms with E-state index in [-0.39, 0.29) is 19.0 Å². The maximum absolute atomic E-state index is 12.1. The Morgan fingerprint density at radius 1 is 1.45 bits per heavy atom. The summed E-state index contributed by atoms with van der Waals surface area (Å²) in [5, 5.41) is 6.78. The minimum atomic E-state index is -0.431. The number of esters is 1. The Labute approximate surface area is 130 Å². The molecule has 8 heteroatoms. The summed E-state index contributed by atoms with van der Waals surface area (Å²) < 4.78 is 10.00. The highest BCUT2D eigenvalue weighted by Gasteiger charge is 2.26. The van der Waals surface area contributed by atoms with Crippen molar-refractivity contribution in [1.82, 2.24) is 5.16 Å². The van der Waals surface area contributed by atoms with Crippen LogP contribution >= 0.6 is 11.6 Å². The smallest absolute Gasteiger partial charge is 0.331 e. The molecule has 1 amide bonds. The monoisotopic (exact) mass is 321 g/mol. The molecular formula is C14H12ClN3O4. The van der Waals surface area contributed by atoms with Gasteiger partial charge in [-0.3, -0.25) is 4.79 Å². The fourth-order valence-corrected chi connectivity index (χ4v) is 2.31. The second kappa shape index (κ2) is 5.69. The standard InChI is InChI=1S/C14H12ClN3O4/c1-8-4-12(17-22-8)16-13(19)6-18-7-14(20)21-11-3-2-9(15)5-10(11)18/h2-5H,6-7H2,1H3,(H,16,17,19). The molecule has 0 saturated carbocycles. The van der Waals surface area contributed by atoms with E-state index in [0.29, 0.717) is 28.0 Å². The number of hydrogen-bond donors (Lipinski definition) is 1. The molecule has 0 fully saturated rings. The average Bonchev–Trinajstić information content (AvgIpc) is 2.84. The quantitative estimate of drug-likeness (QED) is 0.687. The van der Waals surface area contributed by atoms with Gasteiger partial charge in [0.05, 0.1) is 12.2 Å². The number of hydrogen-bond acceptors (Lipinski definition) is 6. The molecule has 0 aliphatic carbocycles. The van der Waals surface area contributed by atoms with Crippen molar-refractivity contribution >= 4 is 35.0 Å². The van der Waals surface area contributed by atoms with Gasteiger partial charge in [0.25, 0.3) is 0 Å². The van der Waals surface area contributed by atoms with Crippen LogP contribution in [0.4, 0.5) is 11.5 Å². The van der Waals surface area contributed by atoms with Crippen molar-refractivity contribution in [3.05, 3.63) is 35.0 Å². The number of amides is 1. The van der Waals surface area contributed by atoms with Gasteiger partial charge in [-0.25, -0.2) is 4.79 Å². The molecule has 0 atom stereocenters. The predicted molar refractivity (Wildman–Crippen MR) is 79.2 cm³/mol. The first-order chi connectivity index (χ1) is 10.5. The normalized spacial score (nSPS) is 13.5. The number of aromatic nitrogens is 1. The lowest BCUT2D eigenvalue weighted by Gasteiger charge is -2.29. The maximum Gasteiger partial charge on any atom is 0.331 e. The zero-order valence-corrected chi connectivity index (χ0v) is 12.4. The Kier molecular flexibility index (Phi) is 3.72. The summed E-state index contributed by atoms with van der Waals surface area (Å²) in [5.41, 5.74) is 0.596. The highest BCUT2D eigenvalue weighted by molar-refractivity contribution is 6.31. The van der Waals surface area contributed by atoms with Crippen LogP contribution in [0.5, 0.6) is 5.75 Å². The molecule has 1 aliphatic heterocycles. The number of anilines is 2. The zero-order chi connectivity index (χ0) is 15.7. The molecule has 1 N–H and O–H groups in total. The number of halogens is 1. The van der Waals surface area contributed by atoms with Crippen molar-refractivity contribution in [2.24, 2.45) is 0 Å². The van der Waals surface area contributed by atoms with Gasteiger partial charge >= 0.3 is 5.97 Å². The zero-order valence-electron chi connectivity index (χ0n) is 11.6. The second-order valence-electron chi connectivity index (χ2n) is 4.81. The Hall–Kier alpha value is -2.54. The van der Waals surface area contributed by atoms with Gasteiger partial charge in [0.2, 0.25) is 5.91 Å². The molecular weight excluding hydrogens is 310 g/mol. The fraction of sp³-hybridized carbons (Fsp3) is 0.214. The molecule has 0 saturated heterocycles. The number of ether oxygens (including phenoxy) is 1. The number of carbonyl (C=O) groups is 2. The van der Waals surface area contributed by atoms with E-state index < -0.39 is 5.97 Å². The molecule has 1 aromatic carbocycles. The van der Waals surface area contributed by atoms with E-state index >= 15 is 0 Å². The van der Waals surface area contributed by atoms with E-state index in [1.54, 1.807) is 36.1 Å². The summed E-state index contributed by atoms with van der Waals surface area (Å²) in [4.78, 5) is 25.3. The molecule has 7 nitrogen and oxygen atoms in total. The van der Waals surface area contributed by atoms with Crippen LogP contribution in [0.15, 0.2) is 28.8 Å². The van der Waals surface area contributed by atoms with Crippen molar-refractivity contribution in [2.45, 2.75) is 6.92 Å². The van der Waals surface area contributed by atoms with Gasteiger partial charge in [-0.1, -0.05) is 16.8 Å². The van der Waals surface area contributed by atoms with E-state index in [1.807, 2.05) is 0 Å². The van der Waals surface area contributed by atoms with Crippen molar-refractivity contribution in [3.8, 4) is 5.75 Å². The first-order valence-electron chi connectivity index (χ1n) is 6.49. The summed E-state index contributed by atoms with van der Waals surface area (Å²) in [5.74, 6) is 0.543. The third-order valence-corrected chi connectivity index (χ3v) is 3.27. The Morgan fingerprint density at radius 2 is 2.27 bits per heavy atom. The third kappa shape index (κ3) is 3.04. The van der Waals surface area contributed by atoms with Gasteiger partial charge in [0.15, 0.2) is 11.6 Å². The lowest BCUT2D eigenvalue weighted by atomic mass is 10.2. The van der Waals surface area contributed by atoms with Crippen LogP contribution in [0, 0.1) is 6.92 Å². The summed E-state index contributed by atoms with van der Waals surface area (Å²) in [6.45, 7) is 1.66. The van der Waals surface area contributed by atoms with Crippen molar-refractivity contribution in [2.75, 3.05) is 23.3 Å². The van der Waals surface area contributed by atoms with Crippen LogP contribution in [-0.2, 0) is 9.59 Å². The minimum Gasteiger partial charge on any atom is -0.423 e. The highest BCUT2D eigenvalue weighted by atomic mass is 35.5. The average molecular weight is 322 g/mol. The number of nitrogens with one attached hydrogen (secondary N) is 1. The van der Waals surface area contributed by atoms with Gasteiger partial charge in [-0.2, -0.15) is 0 Å². The predicted octanol–water partition coefficient (Wildman–Crippen LogP) is 2.00. The molecule has 1 aliphatic rings. The number of fused-ring (bicyclic) bond motifs is 1. The summed E-state index contributed by atoms with van der Waals surface area (Å²) in [7, 11) is 0. The van der Waals surface area contributed by atoms with E-state index in [4.69, 9.17) is 20.9 Å². The second-order valence-corrected chi connectivity index (χ2v) is 5.25. The first kappa shape index (κ1) is 14.4. The van der Waals surface area contributed by atoms with Crippen LogP contribution in [0.25, 0.3) is 0 Å². The largest absolute Gasteiger partial charge is 0.423 e. The fourth-order valence-electron chi connectivity index (χ4n) is 2.14. The number of nitrogens with zero attached hydrogens (tertiary/aromatic N) is 2. The van der Waals surface area contributed by atoms with Crippen LogP contribution in [-0.4, -0.2) is 30.1 Å². The molecule has 0 bridgehead atoms. The van der Waals surface area contributed by atoms with Crippen LogP contribution in [0.2, 0.25) is 5.02 Å². The molecule has 114 valence electrons. The van der Waals surface area contributed by atoms with E-state index in [2.05, 4.69) is 10.5 Å². The number of carbonyl (C=O) groups excluding carboxylic acids is 2. The minimum absolute atomic E-state index is 0.0292. The summed E-state index contributed by atoms with van der Waals surface area (Å²) in [6.07, 6.45) is 0. The molecule has 0 spiro atoms. The Bertz CT molecular complexity index is 743. The molecule has 0 unspecified atom stereocenters. The Balaban J connectivity index is 1.76. The maximum atomic E-state index is 12.1. The van der Waals surface area contributed by atoms with Crippen molar-refractivity contribution in [1.29, 1.82) is 0 Å². The van der Waals surface area contributed by atoms with Gasteiger partial charge in [0.1, 0.15) is 12.3 Å².